The van der Waals surface area contributed by atoms with Crippen LogP contribution in [-0.4, -0.2) is 19.5 Å². The number of benzene rings is 2. The highest BCUT2D eigenvalue weighted by atomic mass is 32.2. The summed E-state index contributed by atoms with van der Waals surface area (Å²) < 4.78 is 3.71. The predicted molar refractivity (Wildman–Crippen MR) is 103 cm³/mol. The number of aryl methyl sites for hydroxylation is 1. The Morgan fingerprint density at radius 2 is 1.85 bits per heavy atom. The van der Waals surface area contributed by atoms with E-state index in [2.05, 4.69) is 9.97 Å². The number of fused-ring (bicyclic) bond motifs is 1. The molecule has 6 nitrogen and oxygen atoms in total. The second kappa shape index (κ2) is 6.89. The number of para-hydroxylation sites is 1. The van der Waals surface area contributed by atoms with Gasteiger partial charge in [-0.15, -0.1) is 11.3 Å². The topological polar surface area (TPSA) is 73.8 Å². The molecule has 0 fully saturated rings. The third kappa shape index (κ3) is 3.21. The van der Waals surface area contributed by atoms with Gasteiger partial charge in [-0.2, -0.15) is 0 Å². The fourth-order valence-corrected chi connectivity index (χ4v) is 4.88. The van der Waals surface area contributed by atoms with Crippen LogP contribution in [0.1, 0.15) is 11.4 Å². The summed E-state index contributed by atoms with van der Waals surface area (Å²) in [7, 11) is 0. The van der Waals surface area contributed by atoms with Gasteiger partial charge in [0.25, 0.3) is 0 Å². The molecular formula is C18H14N4O2S2. The maximum Gasteiger partial charge on any atom is 0.396 e. The Morgan fingerprint density at radius 3 is 2.58 bits per heavy atom. The first-order valence-corrected chi connectivity index (χ1v) is 9.54. The molecule has 0 unspecified atom stereocenters. The molecule has 0 N–H and O–H groups in total. The maximum absolute atomic E-state index is 11.5. The van der Waals surface area contributed by atoms with Crippen molar-refractivity contribution in [3.63, 3.8) is 0 Å². The van der Waals surface area contributed by atoms with E-state index in [1.807, 2.05) is 59.2 Å². The lowest BCUT2D eigenvalue weighted by molar-refractivity contribution is -0.392. The highest BCUT2D eigenvalue weighted by Gasteiger charge is 2.27. The molecule has 0 atom stereocenters. The molecule has 0 saturated carbocycles. The molecule has 130 valence electrons. The molecule has 0 aliphatic carbocycles. The smallest absolute Gasteiger partial charge is 0.358 e. The van der Waals surface area contributed by atoms with Gasteiger partial charge in [-0.1, -0.05) is 42.5 Å². The number of nitrogens with zero attached hydrogens (tertiary/aromatic N) is 4. The molecule has 4 rings (SSSR count). The normalized spacial score (nSPS) is 11.1. The Kier molecular flexibility index (Phi) is 4.44. The fraction of sp³-hybridized carbons (Fsp3) is 0.111. The zero-order valence-corrected chi connectivity index (χ0v) is 15.5. The molecule has 0 amide bonds. The van der Waals surface area contributed by atoms with E-state index < -0.39 is 4.92 Å². The third-order valence-electron chi connectivity index (χ3n) is 3.91. The fourth-order valence-electron chi connectivity index (χ4n) is 2.68. The van der Waals surface area contributed by atoms with Crippen LogP contribution in [0.2, 0.25) is 0 Å². The van der Waals surface area contributed by atoms with Gasteiger partial charge in [0.1, 0.15) is 0 Å². The highest BCUT2D eigenvalue weighted by molar-refractivity contribution is 8.01. The van der Waals surface area contributed by atoms with Gasteiger partial charge in [0.15, 0.2) is 9.37 Å². The molecule has 2 aromatic carbocycles. The lowest BCUT2D eigenvalue weighted by atomic mass is 10.2. The molecule has 2 heterocycles. The van der Waals surface area contributed by atoms with Crippen molar-refractivity contribution in [2.75, 3.05) is 0 Å². The summed E-state index contributed by atoms with van der Waals surface area (Å²) in [6.45, 7) is 2.32. The predicted octanol–water partition coefficient (Wildman–Crippen LogP) is 4.91. The van der Waals surface area contributed by atoms with Crippen LogP contribution in [0.4, 0.5) is 5.82 Å². The zero-order valence-electron chi connectivity index (χ0n) is 13.8. The van der Waals surface area contributed by atoms with Gasteiger partial charge in [-0.3, -0.25) is 4.57 Å². The van der Waals surface area contributed by atoms with Crippen LogP contribution in [0, 0.1) is 17.0 Å². The van der Waals surface area contributed by atoms with Gasteiger partial charge < -0.3 is 10.1 Å². The van der Waals surface area contributed by atoms with Crippen molar-refractivity contribution in [1.29, 1.82) is 0 Å². The summed E-state index contributed by atoms with van der Waals surface area (Å²) in [5, 5.41) is 12.0. The van der Waals surface area contributed by atoms with E-state index in [1.54, 1.807) is 6.92 Å². The van der Waals surface area contributed by atoms with E-state index in [9.17, 15) is 10.1 Å². The summed E-state index contributed by atoms with van der Waals surface area (Å²) in [4.78, 5) is 19.8. The van der Waals surface area contributed by atoms with E-state index in [0.717, 1.165) is 20.1 Å². The van der Waals surface area contributed by atoms with Gasteiger partial charge in [0.05, 0.1) is 16.8 Å². The van der Waals surface area contributed by atoms with Crippen molar-refractivity contribution in [3.8, 4) is 0 Å². The zero-order chi connectivity index (χ0) is 18.1. The average Bonchev–Trinajstić information content (AvgIpc) is 3.18. The molecule has 2 aromatic heterocycles. The maximum atomic E-state index is 11.5. The van der Waals surface area contributed by atoms with Gasteiger partial charge >= 0.3 is 5.82 Å². The van der Waals surface area contributed by atoms with Crippen molar-refractivity contribution in [2.45, 2.75) is 22.8 Å². The molecule has 0 aliphatic heterocycles. The van der Waals surface area contributed by atoms with E-state index in [1.165, 1.54) is 23.1 Å². The molecule has 4 aromatic rings. The molecule has 0 saturated heterocycles. The molecular weight excluding hydrogens is 368 g/mol. The Bertz CT molecular complexity index is 1060. The van der Waals surface area contributed by atoms with Gasteiger partial charge in [0, 0.05) is 6.92 Å². The Labute approximate surface area is 157 Å². The molecule has 0 bridgehead atoms. The van der Waals surface area contributed by atoms with Crippen LogP contribution in [0.3, 0.4) is 0 Å². The monoisotopic (exact) mass is 382 g/mol. The van der Waals surface area contributed by atoms with Gasteiger partial charge in [-0.05, 0) is 39.4 Å². The second-order valence-electron chi connectivity index (χ2n) is 5.67. The molecule has 0 spiro atoms. The van der Waals surface area contributed by atoms with Crippen LogP contribution in [0.5, 0.6) is 0 Å². The minimum absolute atomic E-state index is 0.123. The number of hydrogen-bond donors (Lipinski definition) is 0. The Balaban J connectivity index is 1.76. The number of thiazole rings is 1. The number of aromatic nitrogens is 3. The first-order valence-electron chi connectivity index (χ1n) is 7.90. The second-order valence-corrected chi connectivity index (χ2v) is 7.93. The van der Waals surface area contributed by atoms with Crippen molar-refractivity contribution in [1.82, 2.24) is 14.5 Å². The lowest BCUT2D eigenvalue weighted by Crippen LogP contribution is -2.03. The first kappa shape index (κ1) is 16.7. The van der Waals surface area contributed by atoms with Gasteiger partial charge in [-0.25, -0.2) is 4.98 Å². The van der Waals surface area contributed by atoms with Crippen LogP contribution in [-0.2, 0) is 6.54 Å². The standard InChI is InChI=1S/C18H14N4O2S2/c1-12-19-16(22(23)24)17(21(12)11-13-7-3-2-4-8-13)26-18-20-14-9-5-6-10-15(14)25-18/h2-10H,11H2,1H3. The van der Waals surface area contributed by atoms with Gasteiger partial charge in [0.2, 0.25) is 5.82 Å². The first-order chi connectivity index (χ1) is 12.6. The van der Waals surface area contributed by atoms with Crippen molar-refractivity contribution in [2.24, 2.45) is 0 Å². The molecule has 26 heavy (non-hydrogen) atoms. The molecule has 8 heteroatoms. The summed E-state index contributed by atoms with van der Waals surface area (Å²) in [5.74, 6) is 0.492. The minimum Gasteiger partial charge on any atom is -0.358 e. The van der Waals surface area contributed by atoms with Crippen LogP contribution in [0.25, 0.3) is 10.2 Å². The summed E-state index contributed by atoms with van der Waals surface area (Å²) in [6, 6.07) is 17.7. The number of hydrogen-bond acceptors (Lipinski definition) is 6. The Hall–Kier alpha value is -2.71. The van der Waals surface area contributed by atoms with E-state index in [-0.39, 0.29) is 5.82 Å². The van der Waals surface area contributed by atoms with E-state index in [4.69, 9.17) is 0 Å². The van der Waals surface area contributed by atoms with Crippen LogP contribution >= 0.6 is 23.1 Å². The number of nitro groups is 1. The van der Waals surface area contributed by atoms with E-state index in [0.29, 0.717) is 17.4 Å². The lowest BCUT2D eigenvalue weighted by Gasteiger charge is -2.07. The van der Waals surface area contributed by atoms with Crippen molar-refractivity contribution < 1.29 is 4.92 Å². The molecule has 0 radical (unpaired) electrons. The largest absolute Gasteiger partial charge is 0.396 e. The summed E-state index contributed by atoms with van der Waals surface area (Å²) in [6.07, 6.45) is 0. The van der Waals surface area contributed by atoms with Crippen molar-refractivity contribution in [3.05, 3.63) is 76.1 Å². The van der Waals surface area contributed by atoms with Crippen LogP contribution < -0.4 is 0 Å². The minimum atomic E-state index is -0.426. The summed E-state index contributed by atoms with van der Waals surface area (Å²) in [5.41, 5.74) is 1.96. The Morgan fingerprint density at radius 1 is 1.12 bits per heavy atom. The summed E-state index contributed by atoms with van der Waals surface area (Å²) >= 11 is 2.83. The number of rotatable bonds is 5. The highest BCUT2D eigenvalue weighted by Crippen LogP contribution is 2.39. The van der Waals surface area contributed by atoms with Crippen LogP contribution in [0.15, 0.2) is 64.0 Å². The van der Waals surface area contributed by atoms with Crippen molar-refractivity contribution >= 4 is 39.1 Å². The third-order valence-corrected chi connectivity index (χ3v) is 6.10. The number of imidazole rings is 1. The quantitative estimate of drug-likeness (QED) is 0.362. The SMILES string of the molecule is Cc1nc([N+](=O)[O-])c(Sc2nc3ccccc3s2)n1Cc1ccccc1. The molecule has 0 aliphatic rings. The average molecular weight is 382 g/mol. The van der Waals surface area contributed by atoms with E-state index >= 15 is 0 Å².